The quantitative estimate of drug-likeness (QED) is 0.563. The SMILES string of the molecule is CC(C)C1CC(=O)NC(=S)N1. The van der Waals surface area contributed by atoms with Crippen LogP contribution in [0.25, 0.3) is 0 Å². The molecule has 1 amide bonds. The molecule has 1 saturated heterocycles. The van der Waals surface area contributed by atoms with Crippen molar-refractivity contribution < 1.29 is 4.79 Å². The minimum Gasteiger partial charge on any atom is -0.359 e. The number of hydrogen-bond donors (Lipinski definition) is 2. The zero-order chi connectivity index (χ0) is 8.43. The van der Waals surface area contributed by atoms with Crippen molar-refractivity contribution in [3.63, 3.8) is 0 Å². The third-order valence-corrected chi connectivity index (χ3v) is 2.00. The Morgan fingerprint density at radius 2 is 2.27 bits per heavy atom. The fraction of sp³-hybridized carbons (Fsp3) is 0.714. The zero-order valence-electron chi connectivity index (χ0n) is 6.68. The van der Waals surface area contributed by atoms with E-state index in [4.69, 9.17) is 12.2 Å². The Hall–Kier alpha value is -0.640. The largest absolute Gasteiger partial charge is 0.359 e. The normalized spacial score (nSPS) is 24.8. The third-order valence-electron chi connectivity index (χ3n) is 1.78. The maximum Gasteiger partial charge on any atom is 0.228 e. The molecule has 1 heterocycles. The lowest BCUT2D eigenvalue weighted by atomic mass is 10.00. The predicted octanol–water partition coefficient (Wildman–Crippen LogP) is 0.405. The van der Waals surface area contributed by atoms with Gasteiger partial charge in [-0.2, -0.15) is 0 Å². The highest BCUT2D eigenvalue weighted by atomic mass is 32.1. The summed E-state index contributed by atoms with van der Waals surface area (Å²) in [4.78, 5) is 10.9. The first-order valence-electron chi connectivity index (χ1n) is 3.70. The summed E-state index contributed by atoms with van der Waals surface area (Å²) in [5.74, 6) is 0.464. The number of rotatable bonds is 1. The molecule has 0 bridgehead atoms. The molecule has 1 unspecified atom stereocenters. The molecule has 0 aromatic carbocycles. The van der Waals surface area contributed by atoms with Crippen LogP contribution in [0.5, 0.6) is 0 Å². The van der Waals surface area contributed by atoms with E-state index in [1.54, 1.807) is 0 Å². The van der Waals surface area contributed by atoms with Crippen molar-refractivity contribution in [3.05, 3.63) is 0 Å². The van der Waals surface area contributed by atoms with Gasteiger partial charge in [0.05, 0.1) is 0 Å². The molecule has 1 atom stereocenters. The van der Waals surface area contributed by atoms with Crippen molar-refractivity contribution in [2.24, 2.45) is 5.92 Å². The van der Waals surface area contributed by atoms with Crippen molar-refractivity contribution in [2.75, 3.05) is 0 Å². The molecular weight excluding hydrogens is 160 g/mol. The fourth-order valence-corrected chi connectivity index (χ4v) is 1.30. The molecule has 0 aromatic heterocycles. The van der Waals surface area contributed by atoms with Gasteiger partial charge in [-0.15, -0.1) is 0 Å². The van der Waals surface area contributed by atoms with E-state index < -0.39 is 0 Å². The average molecular weight is 172 g/mol. The molecule has 62 valence electrons. The minimum absolute atomic E-state index is 0.0208. The van der Waals surface area contributed by atoms with Gasteiger partial charge in [-0.05, 0) is 18.1 Å². The smallest absolute Gasteiger partial charge is 0.228 e. The highest BCUT2D eigenvalue weighted by Crippen LogP contribution is 2.08. The van der Waals surface area contributed by atoms with Crippen LogP contribution >= 0.6 is 12.2 Å². The average Bonchev–Trinajstić information content (AvgIpc) is 1.85. The molecule has 1 aliphatic rings. The van der Waals surface area contributed by atoms with Crippen LogP contribution in [0.1, 0.15) is 20.3 Å². The van der Waals surface area contributed by atoms with Gasteiger partial charge in [0, 0.05) is 12.5 Å². The van der Waals surface area contributed by atoms with Gasteiger partial charge in [0.2, 0.25) is 5.91 Å². The first-order valence-corrected chi connectivity index (χ1v) is 4.11. The first-order chi connectivity index (χ1) is 5.09. The zero-order valence-corrected chi connectivity index (χ0v) is 7.49. The lowest BCUT2D eigenvalue weighted by Gasteiger charge is -2.27. The Morgan fingerprint density at radius 3 is 2.73 bits per heavy atom. The van der Waals surface area contributed by atoms with Gasteiger partial charge in [0.15, 0.2) is 5.11 Å². The molecular formula is C7H12N2OS. The second-order valence-corrected chi connectivity index (χ2v) is 3.48. The highest BCUT2D eigenvalue weighted by Gasteiger charge is 2.23. The number of carbonyl (C=O) groups is 1. The van der Waals surface area contributed by atoms with Crippen molar-refractivity contribution in [1.82, 2.24) is 10.6 Å². The van der Waals surface area contributed by atoms with Crippen molar-refractivity contribution in [1.29, 1.82) is 0 Å². The summed E-state index contributed by atoms with van der Waals surface area (Å²) in [6.45, 7) is 4.14. The molecule has 0 aromatic rings. The summed E-state index contributed by atoms with van der Waals surface area (Å²) in [5.41, 5.74) is 0. The van der Waals surface area contributed by atoms with Crippen LogP contribution in [0.3, 0.4) is 0 Å². The standard InChI is InChI=1S/C7H12N2OS/c1-4(2)5-3-6(10)9-7(11)8-5/h4-5H,3H2,1-2H3,(H2,8,9,10,11). The number of hydrogen-bond acceptors (Lipinski definition) is 2. The number of thiocarbonyl (C=S) groups is 1. The van der Waals surface area contributed by atoms with Crippen molar-refractivity contribution in [3.8, 4) is 0 Å². The van der Waals surface area contributed by atoms with Crippen LogP contribution < -0.4 is 10.6 Å². The van der Waals surface area contributed by atoms with E-state index in [2.05, 4.69) is 24.5 Å². The van der Waals surface area contributed by atoms with E-state index in [1.165, 1.54) is 0 Å². The minimum atomic E-state index is 0.0208. The molecule has 1 aliphatic heterocycles. The summed E-state index contributed by atoms with van der Waals surface area (Å²) in [5, 5.41) is 6.05. The van der Waals surface area contributed by atoms with E-state index in [1.807, 2.05) is 0 Å². The molecule has 2 N–H and O–H groups in total. The van der Waals surface area contributed by atoms with E-state index in [0.29, 0.717) is 17.5 Å². The highest BCUT2D eigenvalue weighted by molar-refractivity contribution is 7.80. The first kappa shape index (κ1) is 8.46. The Bertz CT molecular complexity index is 175. The number of amides is 1. The van der Waals surface area contributed by atoms with Gasteiger partial charge in [-0.1, -0.05) is 13.8 Å². The van der Waals surface area contributed by atoms with E-state index in [9.17, 15) is 4.79 Å². The summed E-state index contributed by atoms with van der Waals surface area (Å²) in [7, 11) is 0. The summed E-state index contributed by atoms with van der Waals surface area (Å²) >= 11 is 4.84. The third kappa shape index (κ3) is 2.15. The van der Waals surface area contributed by atoms with Gasteiger partial charge < -0.3 is 10.6 Å². The van der Waals surface area contributed by atoms with Gasteiger partial charge >= 0.3 is 0 Å². The van der Waals surface area contributed by atoms with Crippen LogP contribution in [0.2, 0.25) is 0 Å². The fourth-order valence-electron chi connectivity index (χ4n) is 1.04. The molecule has 0 spiro atoms. The molecule has 4 heteroatoms. The monoisotopic (exact) mass is 172 g/mol. The van der Waals surface area contributed by atoms with E-state index in [-0.39, 0.29) is 11.9 Å². The topological polar surface area (TPSA) is 41.1 Å². The summed E-state index contributed by atoms with van der Waals surface area (Å²) in [6, 6.07) is 0.205. The van der Waals surface area contributed by atoms with Crippen LogP contribution in [-0.4, -0.2) is 17.1 Å². The second kappa shape index (κ2) is 3.17. The maximum absolute atomic E-state index is 10.9. The lowest BCUT2D eigenvalue weighted by molar-refractivity contribution is -0.121. The molecule has 0 aliphatic carbocycles. The number of carbonyl (C=O) groups excluding carboxylic acids is 1. The Kier molecular flexibility index (Phi) is 2.44. The van der Waals surface area contributed by atoms with Crippen molar-refractivity contribution >= 4 is 23.2 Å². The van der Waals surface area contributed by atoms with Gasteiger partial charge in [-0.25, -0.2) is 0 Å². The second-order valence-electron chi connectivity index (χ2n) is 3.08. The van der Waals surface area contributed by atoms with Gasteiger partial charge in [0.1, 0.15) is 0 Å². The summed E-state index contributed by atoms with van der Waals surface area (Å²) in [6.07, 6.45) is 0.526. The molecule has 11 heavy (non-hydrogen) atoms. The molecule has 1 fully saturated rings. The molecule has 3 nitrogen and oxygen atoms in total. The Labute approximate surface area is 71.5 Å². The van der Waals surface area contributed by atoms with Gasteiger partial charge in [-0.3, -0.25) is 4.79 Å². The van der Waals surface area contributed by atoms with E-state index >= 15 is 0 Å². The Balaban J connectivity index is 2.56. The van der Waals surface area contributed by atoms with Crippen LogP contribution in [0, 0.1) is 5.92 Å². The van der Waals surface area contributed by atoms with Crippen molar-refractivity contribution in [2.45, 2.75) is 26.3 Å². The van der Waals surface area contributed by atoms with Gasteiger partial charge in [0.25, 0.3) is 0 Å². The van der Waals surface area contributed by atoms with Crippen LogP contribution in [0.15, 0.2) is 0 Å². The maximum atomic E-state index is 10.9. The molecule has 0 saturated carbocycles. The Morgan fingerprint density at radius 1 is 1.64 bits per heavy atom. The number of nitrogens with one attached hydrogen (secondary N) is 2. The molecule has 1 rings (SSSR count). The summed E-state index contributed by atoms with van der Waals surface area (Å²) < 4.78 is 0. The van der Waals surface area contributed by atoms with E-state index in [0.717, 1.165) is 0 Å². The van der Waals surface area contributed by atoms with Crippen LogP contribution in [0.4, 0.5) is 0 Å². The lowest BCUT2D eigenvalue weighted by Crippen LogP contribution is -2.53. The predicted molar refractivity (Wildman–Crippen MR) is 47.1 cm³/mol. The van der Waals surface area contributed by atoms with Crippen LogP contribution in [-0.2, 0) is 4.79 Å². The molecule has 0 radical (unpaired) electrons.